The lowest BCUT2D eigenvalue weighted by Gasteiger charge is -2.16. The molecule has 1 unspecified atom stereocenters. The highest BCUT2D eigenvalue weighted by Crippen LogP contribution is 2.21. The summed E-state index contributed by atoms with van der Waals surface area (Å²) in [6.45, 7) is 6.56. The maximum atomic E-state index is 5.61. The van der Waals surface area contributed by atoms with Gasteiger partial charge in [-0.3, -0.25) is 4.90 Å². The number of likely N-dealkylation sites (tertiary alicyclic amines) is 1. The first-order chi connectivity index (χ1) is 7.78. The average molecular weight is 218 g/mol. The van der Waals surface area contributed by atoms with E-state index in [0.717, 1.165) is 19.0 Å². The zero-order chi connectivity index (χ0) is 11.4. The fraction of sp³-hybridized carbons (Fsp3) is 0.571. The van der Waals surface area contributed by atoms with Gasteiger partial charge in [0.2, 0.25) is 0 Å². The Morgan fingerprint density at radius 1 is 1.44 bits per heavy atom. The second-order valence-corrected chi connectivity index (χ2v) is 4.96. The van der Waals surface area contributed by atoms with Crippen LogP contribution in [0.2, 0.25) is 0 Å². The van der Waals surface area contributed by atoms with Crippen molar-refractivity contribution in [2.75, 3.05) is 19.6 Å². The summed E-state index contributed by atoms with van der Waals surface area (Å²) in [4.78, 5) is 2.55. The summed E-state index contributed by atoms with van der Waals surface area (Å²) in [5.74, 6) is 0.829. The second kappa shape index (κ2) is 5.46. The van der Waals surface area contributed by atoms with Crippen LogP contribution >= 0.6 is 0 Å². The molecule has 1 aliphatic heterocycles. The van der Waals surface area contributed by atoms with E-state index in [0.29, 0.717) is 0 Å². The summed E-state index contributed by atoms with van der Waals surface area (Å²) < 4.78 is 0. The standard InChI is InChI=1S/C14H22N2/c1-12-3-2-4-14(9-12)11-16-8-6-13(10-16)5-7-15/h2-4,9,13H,5-8,10-11,15H2,1H3. The first kappa shape index (κ1) is 11.6. The van der Waals surface area contributed by atoms with Gasteiger partial charge in [-0.2, -0.15) is 0 Å². The fourth-order valence-electron chi connectivity index (χ4n) is 2.60. The van der Waals surface area contributed by atoms with Crippen molar-refractivity contribution >= 4 is 0 Å². The molecule has 2 rings (SSSR count). The number of rotatable bonds is 4. The molecule has 0 aliphatic carbocycles. The summed E-state index contributed by atoms with van der Waals surface area (Å²) in [6, 6.07) is 8.82. The summed E-state index contributed by atoms with van der Waals surface area (Å²) in [5.41, 5.74) is 8.40. The summed E-state index contributed by atoms with van der Waals surface area (Å²) in [5, 5.41) is 0. The maximum absolute atomic E-state index is 5.61. The average Bonchev–Trinajstić information content (AvgIpc) is 2.66. The Bertz CT molecular complexity index is 335. The number of benzene rings is 1. The van der Waals surface area contributed by atoms with Gasteiger partial charge in [0.15, 0.2) is 0 Å². The number of nitrogens with two attached hydrogens (primary N) is 1. The molecule has 0 spiro atoms. The molecule has 1 atom stereocenters. The van der Waals surface area contributed by atoms with Crippen LogP contribution in [0, 0.1) is 12.8 Å². The predicted molar refractivity (Wildman–Crippen MR) is 68.2 cm³/mol. The normalized spacial score (nSPS) is 21.5. The second-order valence-electron chi connectivity index (χ2n) is 4.96. The molecular weight excluding hydrogens is 196 g/mol. The van der Waals surface area contributed by atoms with Gasteiger partial charge in [-0.05, 0) is 44.3 Å². The SMILES string of the molecule is Cc1cccc(CN2CCC(CCN)C2)c1. The van der Waals surface area contributed by atoms with Crippen molar-refractivity contribution in [3.05, 3.63) is 35.4 Å². The quantitative estimate of drug-likeness (QED) is 0.839. The molecule has 1 aromatic carbocycles. The van der Waals surface area contributed by atoms with E-state index >= 15 is 0 Å². The molecule has 1 aliphatic rings. The molecule has 1 fully saturated rings. The molecular formula is C14H22N2. The lowest BCUT2D eigenvalue weighted by molar-refractivity contribution is 0.314. The minimum Gasteiger partial charge on any atom is -0.330 e. The largest absolute Gasteiger partial charge is 0.330 e. The van der Waals surface area contributed by atoms with E-state index in [1.54, 1.807) is 0 Å². The van der Waals surface area contributed by atoms with Crippen LogP contribution in [0.3, 0.4) is 0 Å². The van der Waals surface area contributed by atoms with Crippen LogP contribution in [0.25, 0.3) is 0 Å². The van der Waals surface area contributed by atoms with Crippen molar-refractivity contribution in [1.29, 1.82) is 0 Å². The molecule has 88 valence electrons. The molecule has 0 amide bonds. The van der Waals surface area contributed by atoms with Crippen molar-refractivity contribution in [3.8, 4) is 0 Å². The lowest BCUT2D eigenvalue weighted by Crippen LogP contribution is -2.20. The zero-order valence-electron chi connectivity index (χ0n) is 10.2. The minimum atomic E-state index is 0.829. The molecule has 1 heterocycles. The summed E-state index contributed by atoms with van der Waals surface area (Å²) in [6.07, 6.45) is 2.51. The monoisotopic (exact) mass is 218 g/mol. The van der Waals surface area contributed by atoms with Gasteiger partial charge in [0.05, 0.1) is 0 Å². The van der Waals surface area contributed by atoms with Crippen LogP contribution in [-0.2, 0) is 6.54 Å². The molecule has 1 aromatic rings. The highest BCUT2D eigenvalue weighted by Gasteiger charge is 2.21. The third-order valence-electron chi connectivity index (χ3n) is 3.43. The molecule has 0 aromatic heterocycles. The van der Waals surface area contributed by atoms with Gasteiger partial charge < -0.3 is 5.73 Å². The van der Waals surface area contributed by atoms with Gasteiger partial charge in [-0.1, -0.05) is 29.8 Å². The molecule has 0 radical (unpaired) electrons. The Morgan fingerprint density at radius 3 is 3.06 bits per heavy atom. The van der Waals surface area contributed by atoms with Crippen molar-refractivity contribution in [2.24, 2.45) is 11.7 Å². The number of nitrogens with zero attached hydrogens (tertiary/aromatic N) is 1. The van der Waals surface area contributed by atoms with Crippen molar-refractivity contribution < 1.29 is 0 Å². The highest BCUT2D eigenvalue weighted by atomic mass is 15.1. The van der Waals surface area contributed by atoms with E-state index in [4.69, 9.17) is 5.73 Å². The van der Waals surface area contributed by atoms with Gasteiger partial charge >= 0.3 is 0 Å². The number of hydrogen-bond donors (Lipinski definition) is 1. The lowest BCUT2D eigenvalue weighted by atomic mass is 10.1. The third-order valence-corrected chi connectivity index (χ3v) is 3.43. The first-order valence-electron chi connectivity index (χ1n) is 6.26. The highest BCUT2D eigenvalue weighted by molar-refractivity contribution is 5.22. The van der Waals surface area contributed by atoms with Crippen LogP contribution in [0.4, 0.5) is 0 Å². The smallest absolute Gasteiger partial charge is 0.0233 e. The first-order valence-corrected chi connectivity index (χ1v) is 6.26. The van der Waals surface area contributed by atoms with Crippen LogP contribution in [-0.4, -0.2) is 24.5 Å². The summed E-state index contributed by atoms with van der Waals surface area (Å²) >= 11 is 0. The Balaban J connectivity index is 1.87. The predicted octanol–water partition coefficient (Wildman–Crippen LogP) is 2.17. The zero-order valence-corrected chi connectivity index (χ0v) is 10.2. The van der Waals surface area contributed by atoms with Crippen LogP contribution in [0.15, 0.2) is 24.3 Å². The molecule has 2 N–H and O–H groups in total. The van der Waals surface area contributed by atoms with Gasteiger partial charge in [-0.15, -0.1) is 0 Å². The fourth-order valence-corrected chi connectivity index (χ4v) is 2.60. The van der Waals surface area contributed by atoms with Crippen LogP contribution in [0.1, 0.15) is 24.0 Å². The van der Waals surface area contributed by atoms with Crippen molar-refractivity contribution in [3.63, 3.8) is 0 Å². The number of hydrogen-bond acceptors (Lipinski definition) is 2. The Labute approximate surface area is 98.4 Å². The maximum Gasteiger partial charge on any atom is 0.0233 e. The van der Waals surface area contributed by atoms with E-state index in [2.05, 4.69) is 36.1 Å². The summed E-state index contributed by atoms with van der Waals surface area (Å²) in [7, 11) is 0. The van der Waals surface area contributed by atoms with Gasteiger partial charge in [0, 0.05) is 13.1 Å². The molecule has 0 bridgehead atoms. The molecule has 1 saturated heterocycles. The van der Waals surface area contributed by atoms with E-state index < -0.39 is 0 Å². The Morgan fingerprint density at radius 2 is 2.31 bits per heavy atom. The van der Waals surface area contributed by atoms with E-state index in [9.17, 15) is 0 Å². The topological polar surface area (TPSA) is 29.3 Å². The molecule has 0 saturated carbocycles. The Kier molecular flexibility index (Phi) is 3.97. The third kappa shape index (κ3) is 3.06. The van der Waals surface area contributed by atoms with Crippen molar-refractivity contribution in [1.82, 2.24) is 4.90 Å². The molecule has 2 heteroatoms. The van der Waals surface area contributed by atoms with Gasteiger partial charge in [0.25, 0.3) is 0 Å². The van der Waals surface area contributed by atoms with Crippen LogP contribution < -0.4 is 5.73 Å². The van der Waals surface area contributed by atoms with E-state index in [1.165, 1.54) is 37.1 Å². The minimum absolute atomic E-state index is 0.829. The van der Waals surface area contributed by atoms with Gasteiger partial charge in [0.1, 0.15) is 0 Å². The van der Waals surface area contributed by atoms with Crippen molar-refractivity contribution in [2.45, 2.75) is 26.3 Å². The van der Waals surface area contributed by atoms with Crippen LogP contribution in [0.5, 0.6) is 0 Å². The molecule has 2 nitrogen and oxygen atoms in total. The Hall–Kier alpha value is -0.860. The molecule has 16 heavy (non-hydrogen) atoms. The van der Waals surface area contributed by atoms with Gasteiger partial charge in [-0.25, -0.2) is 0 Å². The van der Waals surface area contributed by atoms with E-state index in [-0.39, 0.29) is 0 Å². The van der Waals surface area contributed by atoms with E-state index in [1.807, 2.05) is 0 Å². The number of aryl methyl sites for hydroxylation is 1.